The number of halogens is 1. The summed E-state index contributed by atoms with van der Waals surface area (Å²) in [5.41, 5.74) is 5.37. The second-order valence-electron chi connectivity index (χ2n) is 5.67. The third kappa shape index (κ3) is 1.97. The Kier molecular flexibility index (Phi) is 3.00. The summed E-state index contributed by atoms with van der Waals surface area (Å²) in [4.78, 5) is 4.79. The Hall–Kier alpha value is -1.80. The summed E-state index contributed by atoms with van der Waals surface area (Å²) >= 11 is 6.29. The topological polar surface area (TPSA) is 21.6 Å². The lowest BCUT2D eigenvalue weighted by Crippen LogP contribution is -2.13. The fourth-order valence-corrected chi connectivity index (χ4v) is 3.87. The van der Waals surface area contributed by atoms with Crippen LogP contribution in [0.3, 0.4) is 0 Å². The molecule has 1 aliphatic carbocycles. The summed E-state index contributed by atoms with van der Waals surface area (Å²) in [6.45, 7) is 0. The van der Waals surface area contributed by atoms with Gasteiger partial charge in [-0.1, -0.05) is 35.9 Å². The van der Waals surface area contributed by atoms with Gasteiger partial charge in [0.15, 0.2) is 0 Å². The van der Waals surface area contributed by atoms with Gasteiger partial charge in [0.25, 0.3) is 0 Å². The molecule has 0 N–H and O–H groups in total. The molecule has 3 heteroatoms. The minimum Gasteiger partial charge on any atom is -0.495 e. The number of rotatable bonds is 1. The van der Waals surface area contributed by atoms with Crippen LogP contribution in [0.1, 0.15) is 28.2 Å². The highest BCUT2D eigenvalue weighted by Crippen LogP contribution is 2.44. The number of aliphatic imine (C=N–C) groups is 1. The maximum Gasteiger partial charge on any atom is 0.137 e. The van der Waals surface area contributed by atoms with E-state index in [-0.39, 0.29) is 0 Å². The van der Waals surface area contributed by atoms with Gasteiger partial charge in [-0.3, -0.25) is 4.99 Å². The van der Waals surface area contributed by atoms with Gasteiger partial charge in [-0.25, -0.2) is 0 Å². The average Bonchev–Trinajstić information content (AvgIpc) is 2.77. The molecule has 4 rings (SSSR count). The Labute approximate surface area is 129 Å². The second-order valence-corrected chi connectivity index (χ2v) is 6.08. The van der Waals surface area contributed by atoms with Gasteiger partial charge < -0.3 is 4.74 Å². The summed E-state index contributed by atoms with van der Waals surface area (Å²) < 4.78 is 5.42. The van der Waals surface area contributed by atoms with Crippen LogP contribution >= 0.6 is 11.6 Å². The van der Waals surface area contributed by atoms with E-state index in [0.717, 1.165) is 18.6 Å². The van der Waals surface area contributed by atoms with Crippen LogP contribution < -0.4 is 4.74 Å². The van der Waals surface area contributed by atoms with Crippen LogP contribution in [0, 0.1) is 0 Å². The molecule has 2 aromatic carbocycles. The Bertz CT molecular complexity index is 738. The van der Waals surface area contributed by atoms with Crippen LogP contribution in [-0.4, -0.2) is 19.4 Å². The highest BCUT2D eigenvalue weighted by atomic mass is 35.5. The van der Waals surface area contributed by atoms with E-state index in [0.29, 0.717) is 17.0 Å². The molecular formula is C18H16ClNO. The summed E-state index contributed by atoms with van der Waals surface area (Å²) in [6.07, 6.45) is 3.90. The molecule has 0 spiro atoms. The van der Waals surface area contributed by atoms with Gasteiger partial charge in [-0.15, -0.1) is 0 Å². The lowest BCUT2D eigenvalue weighted by Gasteiger charge is -2.20. The minimum absolute atomic E-state index is 0.300. The molecule has 106 valence electrons. The molecule has 2 nitrogen and oxygen atoms in total. The molecule has 0 bridgehead atoms. The summed E-state index contributed by atoms with van der Waals surface area (Å²) in [5, 5.41) is 0.675. The largest absolute Gasteiger partial charge is 0.495 e. The van der Waals surface area contributed by atoms with Crippen LogP contribution in [-0.2, 0) is 12.8 Å². The molecule has 1 aliphatic heterocycles. The van der Waals surface area contributed by atoms with E-state index in [9.17, 15) is 0 Å². The number of hydrogen-bond donors (Lipinski definition) is 0. The number of benzene rings is 2. The number of fused-ring (bicyclic) bond motifs is 5. The predicted molar refractivity (Wildman–Crippen MR) is 86.0 cm³/mol. The van der Waals surface area contributed by atoms with Crippen LogP contribution in [0.2, 0.25) is 5.02 Å². The van der Waals surface area contributed by atoms with Crippen LogP contribution in [0.4, 0.5) is 0 Å². The summed E-state index contributed by atoms with van der Waals surface area (Å²) in [7, 11) is 1.67. The SMILES string of the molecule is COc1cc2c(cc1Cl)CC=N[C@@H]1Cc3ccccc3[C@@H]21. The highest BCUT2D eigenvalue weighted by Gasteiger charge is 2.35. The monoisotopic (exact) mass is 297 g/mol. The molecule has 2 aromatic rings. The van der Waals surface area contributed by atoms with E-state index < -0.39 is 0 Å². The molecule has 1 heterocycles. The van der Waals surface area contributed by atoms with E-state index in [4.69, 9.17) is 21.3 Å². The minimum atomic E-state index is 0.300. The molecule has 0 amide bonds. The zero-order valence-corrected chi connectivity index (χ0v) is 12.6. The molecule has 0 radical (unpaired) electrons. The molecule has 0 saturated carbocycles. The van der Waals surface area contributed by atoms with Gasteiger partial charge in [-0.05, 0) is 40.8 Å². The van der Waals surface area contributed by atoms with Crippen LogP contribution in [0.5, 0.6) is 5.75 Å². The van der Waals surface area contributed by atoms with Gasteiger partial charge in [-0.2, -0.15) is 0 Å². The van der Waals surface area contributed by atoms with Crippen LogP contribution in [0.25, 0.3) is 0 Å². The molecule has 0 fully saturated rings. The number of ether oxygens (including phenoxy) is 1. The quantitative estimate of drug-likeness (QED) is 0.779. The Morgan fingerprint density at radius 2 is 2.00 bits per heavy atom. The van der Waals surface area contributed by atoms with Crippen molar-refractivity contribution in [2.75, 3.05) is 7.11 Å². The standard InChI is InChI=1S/C18H16ClNO/c1-21-17-10-14-12(8-15(17)19)6-7-20-16-9-11-4-2-3-5-13(11)18(14)16/h2-5,7-8,10,16,18H,6,9H2,1H3/t16-,18+/m1/s1. The summed E-state index contributed by atoms with van der Waals surface area (Å²) in [5.74, 6) is 1.07. The molecule has 0 saturated heterocycles. The zero-order valence-electron chi connectivity index (χ0n) is 11.8. The molecule has 2 atom stereocenters. The second kappa shape index (κ2) is 4.88. The van der Waals surface area contributed by atoms with Crippen molar-refractivity contribution in [1.29, 1.82) is 0 Å². The van der Waals surface area contributed by atoms with E-state index in [1.165, 1.54) is 22.3 Å². The first kappa shape index (κ1) is 12.9. The van der Waals surface area contributed by atoms with Crippen LogP contribution in [0.15, 0.2) is 41.4 Å². The number of methoxy groups -OCH3 is 1. The maximum absolute atomic E-state index is 6.29. The third-order valence-electron chi connectivity index (χ3n) is 4.56. The molecule has 0 aromatic heterocycles. The highest BCUT2D eigenvalue weighted by molar-refractivity contribution is 6.32. The first-order valence-electron chi connectivity index (χ1n) is 7.23. The molecule has 21 heavy (non-hydrogen) atoms. The van der Waals surface area contributed by atoms with Crippen molar-refractivity contribution in [3.63, 3.8) is 0 Å². The molecule has 0 unspecified atom stereocenters. The van der Waals surface area contributed by atoms with Gasteiger partial charge >= 0.3 is 0 Å². The Balaban J connectivity index is 1.93. The lowest BCUT2D eigenvalue weighted by molar-refractivity contribution is 0.414. The van der Waals surface area contributed by atoms with Gasteiger partial charge in [0.05, 0.1) is 18.2 Å². The number of nitrogens with zero attached hydrogens (tertiary/aromatic N) is 1. The fourth-order valence-electron chi connectivity index (χ4n) is 3.61. The number of hydrogen-bond acceptors (Lipinski definition) is 2. The Morgan fingerprint density at radius 3 is 2.86 bits per heavy atom. The fraction of sp³-hybridized carbons (Fsp3) is 0.278. The van der Waals surface area contributed by atoms with Crippen molar-refractivity contribution in [3.8, 4) is 5.75 Å². The zero-order chi connectivity index (χ0) is 14.4. The normalized spacial score (nSPS) is 22.2. The van der Waals surface area contributed by atoms with E-state index in [1.54, 1.807) is 7.11 Å². The average molecular weight is 298 g/mol. The predicted octanol–water partition coefficient (Wildman–Crippen LogP) is 4.03. The van der Waals surface area contributed by atoms with Gasteiger partial charge in [0.2, 0.25) is 0 Å². The Morgan fingerprint density at radius 1 is 1.14 bits per heavy atom. The first-order chi connectivity index (χ1) is 10.3. The first-order valence-corrected chi connectivity index (χ1v) is 7.61. The lowest BCUT2D eigenvalue weighted by atomic mass is 9.87. The van der Waals surface area contributed by atoms with Crippen molar-refractivity contribution in [1.82, 2.24) is 0 Å². The van der Waals surface area contributed by atoms with Gasteiger partial charge in [0.1, 0.15) is 5.75 Å². The summed E-state index contributed by atoms with van der Waals surface area (Å²) in [6, 6.07) is 13.1. The van der Waals surface area contributed by atoms with Crippen molar-refractivity contribution < 1.29 is 4.74 Å². The maximum atomic E-state index is 6.29. The third-order valence-corrected chi connectivity index (χ3v) is 4.86. The molecular weight excluding hydrogens is 282 g/mol. The van der Waals surface area contributed by atoms with E-state index >= 15 is 0 Å². The van der Waals surface area contributed by atoms with E-state index in [1.807, 2.05) is 12.3 Å². The van der Waals surface area contributed by atoms with E-state index in [2.05, 4.69) is 30.3 Å². The van der Waals surface area contributed by atoms with Crippen molar-refractivity contribution in [3.05, 3.63) is 63.7 Å². The van der Waals surface area contributed by atoms with Crippen molar-refractivity contribution >= 4 is 17.8 Å². The molecule has 2 aliphatic rings. The van der Waals surface area contributed by atoms with Crippen molar-refractivity contribution in [2.45, 2.75) is 24.8 Å². The smallest absolute Gasteiger partial charge is 0.137 e. The van der Waals surface area contributed by atoms with Gasteiger partial charge in [0, 0.05) is 18.6 Å². The van der Waals surface area contributed by atoms with Crippen molar-refractivity contribution in [2.24, 2.45) is 4.99 Å².